The molecule has 0 saturated heterocycles. The number of nitrogens with one attached hydrogen (secondary N) is 1. The van der Waals surface area contributed by atoms with E-state index < -0.39 is 0 Å². The zero-order valence-electron chi connectivity index (χ0n) is 10.7. The third kappa shape index (κ3) is 2.67. The Hall–Kier alpha value is -2.27. The first-order valence-electron chi connectivity index (χ1n) is 6.35. The van der Waals surface area contributed by atoms with E-state index in [-0.39, 0.29) is 5.91 Å². The highest BCUT2D eigenvalue weighted by atomic mass is 32.1. The van der Waals surface area contributed by atoms with Gasteiger partial charge in [-0.3, -0.25) is 14.8 Å². The Morgan fingerprint density at radius 2 is 2.05 bits per heavy atom. The smallest absolute Gasteiger partial charge is 0.253 e. The molecule has 3 aromatic rings. The second-order valence-electron chi connectivity index (χ2n) is 4.31. The molecule has 100 valence electrons. The first kappa shape index (κ1) is 12.7. The summed E-state index contributed by atoms with van der Waals surface area (Å²) in [5.74, 6) is -0.104. The Bertz CT molecular complexity index is 720. The van der Waals surface area contributed by atoms with E-state index in [0.717, 1.165) is 11.9 Å². The Labute approximate surface area is 120 Å². The van der Waals surface area contributed by atoms with Crippen molar-refractivity contribution in [2.75, 3.05) is 6.54 Å². The molecule has 3 rings (SSSR count). The van der Waals surface area contributed by atoms with Gasteiger partial charge >= 0.3 is 0 Å². The molecule has 0 radical (unpaired) electrons. The van der Waals surface area contributed by atoms with E-state index in [0.29, 0.717) is 17.6 Å². The highest BCUT2D eigenvalue weighted by molar-refractivity contribution is 7.09. The van der Waals surface area contributed by atoms with Gasteiger partial charge in [0, 0.05) is 23.8 Å². The first-order valence-corrected chi connectivity index (χ1v) is 7.23. The molecule has 0 aliphatic carbocycles. The predicted octanol–water partition coefficient (Wildman–Crippen LogP) is 2.66. The zero-order valence-corrected chi connectivity index (χ0v) is 11.6. The Balaban J connectivity index is 1.72. The van der Waals surface area contributed by atoms with Crippen molar-refractivity contribution in [1.82, 2.24) is 15.3 Å². The van der Waals surface area contributed by atoms with Gasteiger partial charge in [-0.2, -0.15) is 0 Å². The zero-order chi connectivity index (χ0) is 13.8. The second-order valence-corrected chi connectivity index (χ2v) is 5.35. The van der Waals surface area contributed by atoms with Crippen molar-refractivity contribution >= 4 is 28.3 Å². The molecule has 0 atom stereocenters. The molecule has 1 aromatic carbocycles. The Morgan fingerprint density at radius 3 is 2.90 bits per heavy atom. The van der Waals surface area contributed by atoms with Gasteiger partial charge in [0.1, 0.15) is 5.52 Å². The summed E-state index contributed by atoms with van der Waals surface area (Å²) in [5.41, 5.74) is 1.95. The Morgan fingerprint density at radius 1 is 1.15 bits per heavy atom. The standard InChI is InChI=1S/C15H13N3OS/c19-15(18-7-6-11-3-2-10-20-11)12-4-1-5-13-14(12)17-9-8-16-13/h1-5,8-10H,6-7H2,(H,18,19). The van der Waals surface area contributed by atoms with Crippen molar-refractivity contribution in [2.24, 2.45) is 0 Å². The van der Waals surface area contributed by atoms with Crippen molar-refractivity contribution in [3.63, 3.8) is 0 Å². The van der Waals surface area contributed by atoms with E-state index >= 15 is 0 Å². The fourth-order valence-corrected chi connectivity index (χ4v) is 2.73. The third-order valence-electron chi connectivity index (χ3n) is 2.98. The molecule has 4 nitrogen and oxygen atoms in total. The third-order valence-corrected chi connectivity index (χ3v) is 3.92. The molecular formula is C15H13N3OS. The average Bonchev–Trinajstić information content (AvgIpc) is 3.00. The molecule has 0 aliphatic rings. The minimum atomic E-state index is -0.104. The number of hydrogen-bond acceptors (Lipinski definition) is 4. The van der Waals surface area contributed by atoms with E-state index in [1.807, 2.05) is 23.6 Å². The summed E-state index contributed by atoms with van der Waals surface area (Å²) in [5, 5.41) is 4.97. The summed E-state index contributed by atoms with van der Waals surface area (Å²) in [6, 6.07) is 9.54. The van der Waals surface area contributed by atoms with Crippen LogP contribution in [0, 0.1) is 0 Å². The fourth-order valence-electron chi connectivity index (χ4n) is 2.03. The lowest BCUT2D eigenvalue weighted by molar-refractivity contribution is 0.0955. The molecule has 20 heavy (non-hydrogen) atoms. The summed E-state index contributed by atoms with van der Waals surface area (Å²) in [7, 11) is 0. The van der Waals surface area contributed by atoms with Gasteiger partial charge in [-0.15, -0.1) is 11.3 Å². The van der Waals surface area contributed by atoms with Crippen LogP contribution in [0.4, 0.5) is 0 Å². The first-order chi connectivity index (χ1) is 9.84. The van der Waals surface area contributed by atoms with Gasteiger partial charge in [-0.25, -0.2) is 0 Å². The molecule has 0 spiro atoms. The van der Waals surface area contributed by atoms with E-state index in [1.165, 1.54) is 4.88 Å². The summed E-state index contributed by atoms with van der Waals surface area (Å²) in [4.78, 5) is 21.9. The van der Waals surface area contributed by atoms with E-state index in [2.05, 4.69) is 21.4 Å². The van der Waals surface area contributed by atoms with Crippen LogP contribution in [0.5, 0.6) is 0 Å². The number of aromatic nitrogens is 2. The summed E-state index contributed by atoms with van der Waals surface area (Å²) in [6.45, 7) is 0.621. The van der Waals surface area contributed by atoms with Crippen LogP contribution in [0.15, 0.2) is 48.1 Å². The van der Waals surface area contributed by atoms with Crippen LogP contribution in [0.25, 0.3) is 11.0 Å². The molecule has 1 amide bonds. The largest absolute Gasteiger partial charge is 0.352 e. The normalized spacial score (nSPS) is 10.6. The van der Waals surface area contributed by atoms with Gasteiger partial charge in [-0.05, 0) is 30.0 Å². The van der Waals surface area contributed by atoms with Crippen molar-refractivity contribution in [3.05, 3.63) is 58.5 Å². The highest BCUT2D eigenvalue weighted by Gasteiger charge is 2.10. The number of hydrogen-bond donors (Lipinski definition) is 1. The van der Waals surface area contributed by atoms with Crippen LogP contribution in [0.2, 0.25) is 0 Å². The SMILES string of the molecule is O=C(NCCc1cccs1)c1cccc2nccnc12. The number of benzene rings is 1. The van der Waals surface area contributed by atoms with Crippen molar-refractivity contribution in [1.29, 1.82) is 0 Å². The van der Waals surface area contributed by atoms with Gasteiger partial charge in [-0.1, -0.05) is 12.1 Å². The number of nitrogens with zero attached hydrogens (tertiary/aromatic N) is 2. The maximum atomic E-state index is 12.2. The van der Waals surface area contributed by atoms with Gasteiger partial charge in [0.2, 0.25) is 0 Å². The van der Waals surface area contributed by atoms with Crippen LogP contribution in [-0.4, -0.2) is 22.4 Å². The molecule has 0 aliphatic heterocycles. The van der Waals surface area contributed by atoms with Gasteiger partial charge in [0.15, 0.2) is 0 Å². The van der Waals surface area contributed by atoms with Crippen LogP contribution >= 0.6 is 11.3 Å². The number of fused-ring (bicyclic) bond motifs is 1. The summed E-state index contributed by atoms with van der Waals surface area (Å²) in [6.07, 6.45) is 4.07. The number of rotatable bonds is 4. The van der Waals surface area contributed by atoms with E-state index in [1.54, 1.807) is 29.8 Å². The molecule has 0 bridgehead atoms. The second kappa shape index (κ2) is 5.79. The van der Waals surface area contributed by atoms with Gasteiger partial charge < -0.3 is 5.32 Å². The number of para-hydroxylation sites is 1. The van der Waals surface area contributed by atoms with Crippen LogP contribution < -0.4 is 5.32 Å². The lowest BCUT2D eigenvalue weighted by Gasteiger charge is -2.06. The van der Waals surface area contributed by atoms with Crippen LogP contribution in [0.1, 0.15) is 15.2 Å². The number of carbonyl (C=O) groups is 1. The molecule has 5 heteroatoms. The lowest BCUT2D eigenvalue weighted by Crippen LogP contribution is -2.25. The number of thiophene rings is 1. The van der Waals surface area contributed by atoms with Crippen molar-refractivity contribution < 1.29 is 4.79 Å². The maximum absolute atomic E-state index is 12.2. The predicted molar refractivity (Wildman–Crippen MR) is 79.9 cm³/mol. The van der Waals surface area contributed by atoms with Crippen LogP contribution in [0.3, 0.4) is 0 Å². The molecule has 1 N–H and O–H groups in total. The molecule has 0 unspecified atom stereocenters. The Kier molecular flexibility index (Phi) is 3.69. The molecule has 2 heterocycles. The quantitative estimate of drug-likeness (QED) is 0.801. The topological polar surface area (TPSA) is 54.9 Å². The summed E-state index contributed by atoms with van der Waals surface area (Å²) >= 11 is 1.70. The van der Waals surface area contributed by atoms with Crippen molar-refractivity contribution in [2.45, 2.75) is 6.42 Å². The monoisotopic (exact) mass is 283 g/mol. The maximum Gasteiger partial charge on any atom is 0.253 e. The fraction of sp³-hybridized carbons (Fsp3) is 0.133. The molecule has 2 aromatic heterocycles. The molecule has 0 fully saturated rings. The number of amides is 1. The van der Waals surface area contributed by atoms with Gasteiger partial charge in [0.25, 0.3) is 5.91 Å². The van der Waals surface area contributed by atoms with Gasteiger partial charge in [0.05, 0.1) is 11.1 Å². The minimum Gasteiger partial charge on any atom is -0.352 e. The number of carbonyl (C=O) groups excluding carboxylic acids is 1. The van der Waals surface area contributed by atoms with Crippen molar-refractivity contribution in [3.8, 4) is 0 Å². The highest BCUT2D eigenvalue weighted by Crippen LogP contribution is 2.13. The lowest BCUT2D eigenvalue weighted by atomic mass is 10.1. The molecular weight excluding hydrogens is 270 g/mol. The van der Waals surface area contributed by atoms with Crippen LogP contribution in [-0.2, 0) is 6.42 Å². The summed E-state index contributed by atoms with van der Waals surface area (Å²) < 4.78 is 0. The minimum absolute atomic E-state index is 0.104. The van der Waals surface area contributed by atoms with E-state index in [4.69, 9.17) is 0 Å². The molecule has 0 saturated carbocycles. The average molecular weight is 283 g/mol. The van der Waals surface area contributed by atoms with E-state index in [9.17, 15) is 4.79 Å².